The molecule has 0 saturated carbocycles. The molecule has 1 aliphatic heterocycles. The number of hydrogen-bond acceptors (Lipinski definition) is 4. The predicted molar refractivity (Wildman–Crippen MR) is 106 cm³/mol. The van der Waals surface area contributed by atoms with Gasteiger partial charge >= 0.3 is 0 Å². The molecule has 0 bridgehead atoms. The van der Waals surface area contributed by atoms with Crippen molar-refractivity contribution in [2.24, 2.45) is 10.7 Å². The summed E-state index contributed by atoms with van der Waals surface area (Å²) in [4.78, 5) is 8.03. The number of nitrogens with zero attached hydrogens (tertiary/aromatic N) is 2. The van der Waals surface area contributed by atoms with Gasteiger partial charge in [0.2, 0.25) is 0 Å². The number of rotatable bonds is 3. The molecule has 126 valence electrons. The molecule has 3 nitrogen and oxygen atoms in total. The first-order chi connectivity index (χ1) is 12.1. The second-order valence-corrected chi connectivity index (χ2v) is 7.95. The molecule has 0 saturated heterocycles. The molecule has 25 heavy (non-hydrogen) atoms. The highest BCUT2D eigenvalue weighted by Crippen LogP contribution is 2.40. The minimum absolute atomic E-state index is 0.489. The zero-order valence-electron chi connectivity index (χ0n) is 13.8. The first-order valence-corrected chi connectivity index (χ1v) is 9.26. The highest BCUT2D eigenvalue weighted by molar-refractivity contribution is 7.19. The molecule has 5 heteroatoms. The summed E-state index contributed by atoms with van der Waals surface area (Å²) in [5.41, 5.74) is 9.07. The minimum atomic E-state index is -0.489. The average molecular weight is 368 g/mol. The van der Waals surface area contributed by atoms with E-state index in [1.807, 2.05) is 36.2 Å². The van der Waals surface area contributed by atoms with Crippen molar-refractivity contribution in [2.75, 3.05) is 13.6 Å². The van der Waals surface area contributed by atoms with E-state index < -0.39 is 5.54 Å². The number of thiophene rings is 1. The van der Waals surface area contributed by atoms with Gasteiger partial charge in [-0.1, -0.05) is 60.1 Å². The van der Waals surface area contributed by atoms with E-state index in [-0.39, 0.29) is 0 Å². The molecule has 2 N–H and O–H groups in total. The molecule has 1 atom stereocenters. The number of likely N-dealkylation sites (N-methyl/N-ethyl adjacent to an activating group) is 1. The van der Waals surface area contributed by atoms with Gasteiger partial charge in [-0.3, -0.25) is 0 Å². The van der Waals surface area contributed by atoms with Crippen LogP contribution in [0.25, 0.3) is 10.4 Å². The molecule has 4 rings (SSSR count). The number of aliphatic imine (C=N–C) groups is 1. The first-order valence-electron chi connectivity index (χ1n) is 8.07. The Labute approximate surface area is 156 Å². The lowest BCUT2D eigenvalue weighted by atomic mass is 9.83. The molecule has 0 amide bonds. The maximum atomic E-state index is 6.14. The predicted octanol–water partition coefficient (Wildman–Crippen LogP) is 4.57. The molecule has 3 aromatic rings. The van der Waals surface area contributed by atoms with Crippen molar-refractivity contribution in [3.05, 3.63) is 82.2 Å². The first kappa shape index (κ1) is 16.2. The van der Waals surface area contributed by atoms with Gasteiger partial charge in [0, 0.05) is 11.9 Å². The van der Waals surface area contributed by atoms with E-state index in [2.05, 4.69) is 42.5 Å². The van der Waals surface area contributed by atoms with Crippen molar-refractivity contribution >= 4 is 28.9 Å². The molecule has 0 spiro atoms. The summed E-state index contributed by atoms with van der Waals surface area (Å²) in [6.07, 6.45) is 0. The topological polar surface area (TPSA) is 41.6 Å². The van der Waals surface area contributed by atoms with Crippen LogP contribution in [0.5, 0.6) is 0 Å². The summed E-state index contributed by atoms with van der Waals surface area (Å²) in [6, 6.07) is 22.8. The van der Waals surface area contributed by atoms with E-state index in [9.17, 15) is 0 Å². The van der Waals surface area contributed by atoms with E-state index in [0.717, 1.165) is 32.4 Å². The summed E-state index contributed by atoms with van der Waals surface area (Å²) in [5, 5.41) is 0. The molecule has 0 fully saturated rings. The van der Waals surface area contributed by atoms with Crippen LogP contribution in [0.4, 0.5) is 0 Å². The van der Waals surface area contributed by atoms with Gasteiger partial charge in [-0.2, -0.15) is 0 Å². The van der Waals surface area contributed by atoms with E-state index >= 15 is 0 Å². The highest BCUT2D eigenvalue weighted by atomic mass is 35.5. The Hall–Kier alpha value is -2.30. The van der Waals surface area contributed by atoms with E-state index in [4.69, 9.17) is 22.3 Å². The molecule has 0 radical (unpaired) electrons. The standard InChI is InChI=1S/C20H18ClN3S/c1-24-13-20(23-19(24)22,15-7-3-2-4-8-15)16-9-5-6-14(12-16)17-10-11-18(21)25-17/h2-12H,13H2,1H3,(H2,22,23). The number of nitrogens with two attached hydrogens (primary N) is 1. The van der Waals surface area contributed by atoms with Crippen LogP contribution in [0.2, 0.25) is 4.34 Å². The molecule has 2 aromatic carbocycles. The van der Waals surface area contributed by atoms with Gasteiger partial charge in [0.25, 0.3) is 0 Å². The third-order valence-electron chi connectivity index (χ3n) is 4.61. The number of benzene rings is 2. The van der Waals surface area contributed by atoms with Gasteiger partial charge in [0.05, 0.1) is 10.9 Å². The molecule has 1 aromatic heterocycles. The Balaban J connectivity index is 1.87. The Morgan fingerprint density at radius 1 is 1.04 bits per heavy atom. The van der Waals surface area contributed by atoms with Crippen LogP contribution in [-0.2, 0) is 5.54 Å². The second kappa shape index (κ2) is 6.21. The lowest BCUT2D eigenvalue weighted by Gasteiger charge is -2.28. The third kappa shape index (κ3) is 2.81. The summed E-state index contributed by atoms with van der Waals surface area (Å²) in [6.45, 7) is 0.720. The van der Waals surface area contributed by atoms with Gasteiger partial charge < -0.3 is 10.6 Å². The molecular formula is C20H18ClN3S. The number of halogens is 1. The SMILES string of the molecule is CN1CC(c2ccccc2)(c2cccc(-c3ccc(Cl)s3)c2)N=C1N. The van der Waals surface area contributed by atoms with E-state index in [0.29, 0.717) is 5.96 Å². The van der Waals surface area contributed by atoms with Crippen molar-refractivity contribution in [2.45, 2.75) is 5.54 Å². The number of hydrogen-bond donors (Lipinski definition) is 1. The quantitative estimate of drug-likeness (QED) is 0.736. The van der Waals surface area contributed by atoms with Crippen molar-refractivity contribution < 1.29 is 0 Å². The van der Waals surface area contributed by atoms with Crippen LogP contribution in [0.3, 0.4) is 0 Å². The Morgan fingerprint density at radius 3 is 2.44 bits per heavy atom. The number of guanidine groups is 1. The normalized spacial score (nSPS) is 19.9. The molecule has 2 heterocycles. The van der Waals surface area contributed by atoms with Gasteiger partial charge in [-0.05, 0) is 34.9 Å². The van der Waals surface area contributed by atoms with Crippen molar-refractivity contribution in [1.82, 2.24) is 4.90 Å². The minimum Gasteiger partial charge on any atom is -0.370 e. The Morgan fingerprint density at radius 2 is 1.80 bits per heavy atom. The van der Waals surface area contributed by atoms with Gasteiger partial charge in [0.15, 0.2) is 5.96 Å². The Bertz CT molecular complexity index is 935. The maximum absolute atomic E-state index is 6.14. The summed E-state index contributed by atoms with van der Waals surface area (Å²) in [5.74, 6) is 0.563. The maximum Gasteiger partial charge on any atom is 0.192 e. The van der Waals surface area contributed by atoms with Crippen LogP contribution in [0.1, 0.15) is 11.1 Å². The fraction of sp³-hybridized carbons (Fsp3) is 0.150. The lowest BCUT2D eigenvalue weighted by Crippen LogP contribution is -2.34. The summed E-state index contributed by atoms with van der Waals surface area (Å²) in [7, 11) is 1.98. The van der Waals surface area contributed by atoms with Crippen LogP contribution in [-0.4, -0.2) is 24.5 Å². The van der Waals surface area contributed by atoms with E-state index in [1.54, 1.807) is 11.3 Å². The molecule has 0 aliphatic carbocycles. The summed E-state index contributed by atoms with van der Waals surface area (Å²) >= 11 is 7.69. The molecule has 1 unspecified atom stereocenters. The fourth-order valence-electron chi connectivity index (χ4n) is 3.33. The summed E-state index contributed by atoms with van der Waals surface area (Å²) < 4.78 is 0.793. The third-order valence-corrected chi connectivity index (χ3v) is 5.89. The lowest BCUT2D eigenvalue weighted by molar-refractivity contribution is 0.432. The zero-order chi connectivity index (χ0) is 17.4. The van der Waals surface area contributed by atoms with Crippen molar-refractivity contribution in [3.63, 3.8) is 0 Å². The van der Waals surface area contributed by atoms with Crippen molar-refractivity contribution in [1.29, 1.82) is 0 Å². The van der Waals surface area contributed by atoms with Gasteiger partial charge in [-0.15, -0.1) is 11.3 Å². The molecular weight excluding hydrogens is 350 g/mol. The van der Waals surface area contributed by atoms with Gasteiger partial charge in [-0.25, -0.2) is 4.99 Å². The molecule has 1 aliphatic rings. The van der Waals surface area contributed by atoms with Crippen LogP contribution < -0.4 is 5.73 Å². The van der Waals surface area contributed by atoms with E-state index in [1.165, 1.54) is 0 Å². The van der Waals surface area contributed by atoms with Crippen LogP contribution in [0.15, 0.2) is 71.7 Å². The van der Waals surface area contributed by atoms with Crippen LogP contribution >= 0.6 is 22.9 Å². The second-order valence-electron chi connectivity index (χ2n) is 6.24. The average Bonchev–Trinajstić information content (AvgIpc) is 3.20. The fourth-order valence-corrected chi connectivity index (χ4v) is 4.37. The van der Waals surface area contributed by atoms with Crippen molar-refractivity contribution in [3.8, 4) is 10.4 Å². The zero-order valence-corrected chi connectivity index (χ0v) is 15.4. The van der Waals surface area contributed by atoms with Gasteiger partial charge in [0.1, 0.15) is 5.54 Å². The largest absolute Gasteiger partial charge is 0.370 e. The van der Waals surface area contributed by atoms with Crippen LogP contribution in [0, 0.1) is 0 Å². The Kier molecular flexibility index (Phi) is 4.02. The smallest absolute Gasteiger partial charge is 0.192 e. The monoisotopic (exact) mass is 367 g/mol. The highest BCUT2D eigenvalue weighted by Gasteiger charge is 2.40.